The van der Waals surface area contributed by atoms with E-state index in [1.807, 2.05) is 18.2 Å². The summed E-state index contributed by atoms with van der Waals surface area (Å²) in [4.78, 5) is 13.6. The third-order valence-electron chi connectivity index (χ3n) is 2.64. The van der Waals surface area contributed by atoms with Gasteiger partial charge in [-0.15, -0.1) is 0 Å². The Hall–Kier alpha value is -1.10. The first-order valence-corrected chi connectivity index (χ1v) is 6.16. The number of amides is 1. The number of likely N-dealkylation sites (N-methyl/N-ethyl adjacent to an activating group) is 1. The van der Waals surface area contributed by atoms with Crippen LogP contribution in [0.2, 0.25) is 5.02 Å². The highest BCUT2D eigenvalue weighted by Gasteiger charge is 2.17. The molecule has 5 heteroatoms. The molecule has 1 unspecified atom stereocenters. The smallest absolute Gasteiger partial charge is 0.239 e. The number of benzene rings is 1. The van der Waals surface area contributed by atoms with E-state index in [1.165, 1.54) is 0 Å². The number of carbonyl (C=O) groups excluding carboxylic acids is 1. The lowest BCUT2D eigenvalue weighted by molar-refractivity contribution is -0.132. The molecule has 0 spiro atoms. The number of nitrogens with two attached hydrogens (primary N) is 1. The monoisotopic (exact) mass is 270 g/mol. The summed E-state index contributed by atoms with van der Waals surface area (Å²) < 4.78 is 4.91. The van der Waals surface area contributed by atoms with Crippen LogP contribution < -0.4 is 5.73 Å². The summed E-state index contributed by atoms with van der Waals surface area (Å²) in [6.07, 6.45) is 0.523. The number of hydrogen-bond acceptors (Lipinski definition) is 3. The minimum absolute atomic E-state index is 0.0907. The first kappa shape index (κ1) is 15.0. The first-order chi connectivity index (χ1) is 8.54. The highest BCUT2D eigenvalue weighted by Crippen LogP contribution is 2.12. The molecule has 1 rings (SSSR count). The second-order valence-corrected chi connectivity index (χ2v) is 4.65. The van der Waals surface area contributed by atoms with Crippen molar-refractivity contribution in [2.75, 3.05) is 20.8 Å². The van der Waals surface area contributed by atoms with Crippen LogP contribution in [-0.4, -0.2) is 37.6 Å². The van der Waals surface area contributed by atoms with E-state index in [1.54, 1.807) is 25.1 Å². The van der Waals surface area contributed by atoms with Gasteiger partial charge in [0.05, 0.1) is 6.04 Å². The van der Waals surface area contributed by atoms with Gasteiger partial charge in [-0.2, -0.15) is 0 Å². The van der Waals surface area contributed by atoms with Gasteiger partial charge in [-0.1, -0.05) is 23.7 Å². The van der Waals surface area contributed by atoms with E-state index in [0.717, 1.165) is 5.56 Å². The second kappa shape index (κ2) is 7.36. The van der Waals surface area contributed by atoms with Crippen LogP contribution in [0.15, 0.2) is 24.3 Å². The predicted octanol–water partition coefficient (Wildman–Crippen LogP) is 1.66. The standard InChI is InChI=1S/C13H19ClN2O2/c1-16(13(17)12(15)6-7-18-2)9-10-4-3-5-11(14)8-10/h3-5,8,12H,6-7,9,15H2,1-2H3. The van der Waals surface area contributed by atoms with Crippen LogP contribution in [-0.2, 0) is 16.1 Å². The van der Waals surface area contributed by atoms with Gasteiger partial charge in [0.25, 0.3) is 0 Å². The fourth-order valence-electron chi connectivity index (χ4n) is 1.64. The predicted molar refractivity (Wildman–Crippen MR) is 72.4 cm³/mol. The van der Waals surface area contributed by atoms with Gasteiger partial charge in [-0.25, -0.2) is 0 Å². The molecular formula is C13H19ClN2O2. The Morgan fingerprint density at radius 1 is 1.56 bits per heavy atom. The number of ether oxygens (including phenoxy) is 1. The summed E-state index contributed by atoms with van der Waals surface area (Å²) in [6.45, 7) is 0.984. The summed E-state index contributed by atoms with van der Waals surface area (Å²) in [5.74, 6) is -0.0907. The topological polar surface area (TPSA) is 55.6 Å². The molecule has 0 aliphatic heterocycles. The molecule has 1 aromatic carbocycles. The molecule has 2 N–H and O–H groups in total. The Balaban J connectivity index is 2.54. The van der Waals surface area contributed by atoms with E-state index >= 15 is 0 Å². The van der Waals surface area contributed by atoms with E-state index in [4.69, 9.17) is 22.1 Å². The van der Waals surface area contributed by atoms with Gasteiger partial charge in [-0.3, -0.25) is 4.79 Å². The molecule has 1 aromatic rings. The number of rotatable bonds is 6. The maximum atomic E-state index is 12.0. The molecule has 100 valence electrons. The summed E-state index contributed by atoms with van der Waals surface area (Å²) in [5, 5.41) is 0.664. The van der Waals surface area contributed by atoms with Gasteiger partial charge in [-0.05, 0) is 24.1 Å². The third kappa shape index (κ3) is 4.64. The summed E-state index contributed by atoms with van der Waals surface area (Å²) in [7, 11) is 3.32. The normalized spacial score (nSPS) is 12.2. The van der Waals surface area contributed by atoms with E-state index in [-0.39, 0.29) is 5.91 Å². The molecule has 0 aliphatic rings. The largest absolute Gasteiger partial charge is 0.385 e. The van der Waals surface area contributed by atoms with Crippen LogP contribution in [0.3, 0.4) is 0 Å². The van der Waals surface area contributed by atoms with Crippen LogP contribution in [0.5, 0.6) is 0 Å². The van der Waals surface area contributed by atoms with E-state index in [9.17, 15) is 4.79 Å². The van der Waals surface area contributed by atoms with Crippen molar-refractivity contribution >= 4 is 17.5 Å². The Bertz CT molecular complexity index is 398. The van der Waals surface area contributed by atoms with Gasteiger partial charge >= 0.3 is 0 Å². The molecule has 0 bridgehead atoms. The van der Waals surface area contributed by atoms with Gasteiger partial charge in [0, 0.05) is 32.3 Å². The van der Waals surface area contributed by atoms with Crippen molar-refractivity contribution in [3.63, 3.8) is 0 Å². The Labute approximate surface area is 113 Å². The minimum Gasteiger partial charge on any atom is -0.385 e. The second-order valence-electron chi connectivity index (χ2n) is 4.21. The van der Waals surface area contributed by atoms with E-state index < -0.39 is 6.04 Å². The van der Waals surface area contributed by atoms with Crippen molar-refractivity contribution in [2.45, 2.75) is 19.0 Å². The zero-order chi connectivity index (χ0) is 13.5. The summed E-state index contributed by atoms with van der Waals surface area (Å²) in [5.41, 5.74) is 6.77. The lowest BCUT2D eigenvalue weighted by Crippen LogP contribution is -2.42. The molecule has 0 saturated heterocycles. The summed E-state index contributed by atoms with van der Waals surface area (Å²) in [6, 6.07) is 6.91. The molecule has 18 heavy (non-hydrogen) atoms. The molecule has 0 aromatic heterocycles. The quantitative estimate of drug-likeness (QED) is 0.855. The van der Waals surface area contributed by atoms with Crippen molar-refractivity contribution in [1.82, 2.24) is 4.90 Å². The van der Waals surface area contributed by atoms with Gasteiger partial charge < -0.3 is 15.4 Å². The first-order valence-electron chi connectivity index (χ1n) is 5.78. The maximum Gasteiger partial charge on any atom is 0.239 e. The van der Waals surface area contributed by atoms with Crippen molar-refractivity contribution < 1.29 is 9.53 Å². The van der Waals surface area contributed by atoms with Crippen molar-refractivity contribution in [3.8, 4) is 0 Å². The Kier molecular flexibility index (Phi) is 6.12. The summed E-state index contributed by atoms with van der Waals surface area (Å²) >= 11 is 5.89. The average molecular weight is 271 g/mol. The van der Waals surface area contributed by atoms with Crippen molar-refractivity contribution in [3.05, 3.63) is 34.9 Å². The molecule has 1 amide bonds. The fourth-order valence-corrected chi connectivity index (χ4v) is 1.85. The van der Waals surface area contributed by atoms with Crippen LogP contribution >= 0.6 is 11.6 Å². The number of methoxy groups -OCH3 is 1. The van der Waals surface area contributed by atoms with Crippen molar-refractivity contribution in [1.29, 1.82) is 0 Å². The number of nitrogens with zero attached hydrogens (tertiary/aromatic N) is 1. The molecule has 4 nitrogen and oxygen atoms in total. The van der Waals surface area contributed by atoms with Crippen LogP contribution in [0.25, 0.3) is 0 Å². The third-order valence-corrected chi connectivity index (χ3v) is 2.87. The van der Waals surface area contributed by atoms with Gasteiger partial charge in [0.2, 0.25) is 5.91 Å². The van der Waals surface area contributed by atoms with E-state index in [2.05, 4.69) is 0 Å². The van der Waals surface area contributed by atoms with Crippen LogP contribution in [0.4, 0.5) is 0 Å². The zero-order valence-electron chi connectivity index (χ0n) is 10.7. The molecule has 0 radical (unpaired) electrons. The number of carbonyl (C=O) groups is 1. The van der Waals surface area contributed by atoms with Crippen molar-refractivity contribution in [2.24, 2.45) is 5.73 Å². The molecule has 0 saturated carbocycles. The molecule has 1 atom stereocenters. The number of halogens is 1. The van der Waals surface area contributed by atoms with Crippen LogP contribution in [0.1, 0.15) is 12.0 Å². The Morgan fingerprint density at radius 2 is 2.28 bits per heavy atom. The maximum absolute atomic E-state index is 12.0. The minimum atomic E-state index is -0.519. The SMILES string of the molecule is COCCC(N)C(=O)N(C)Cc1cccc(Cl)c1. The fraction of sp³-hybridized carbons (Fsp3) is 0.462. The van der Waals surface area contributed by atoms with E-state index in [0.29, 0.717) is 24.6 Å². The highest BCUT2D eigenvalue weighted by molar-refractivity contribution is 6.30. The lowest BCUT2D eigenvalue weighted by atomic mass is 10.1. The zero-order valence-corrected chi connectivity index (χ0v) is 11.5. The molecule has 0 heterocycles. The van der Waals surface area contributed by atoms with Gasteiger partial charge in [0.15, 0.2) is 0 Å². The highest BCUT2D eigenvalue weighted by atomic mass is 35.5. The number of hydrogen-bond donors (Lipinski definition) is 1. The Morgan fingerprint density at radius 3 is 2.89 bits per heavy atom. The van der Waals surface area contributed by atoms with Crippen LogP contribution in [0, 0.1) is 0 Å². The van der Waals surface area contributed by atoms with Gasteiger partial charge in [0.1, 0.15) is 0 Å². The molecule has 0 aliphatic carbocycles. The average Bonchev–Trinajstić information content (AvgIpc) is 2.35. The molecular weight excluding hydrogens is 252 g/mol. The molecule has 0 fully saturated rings. The lowest BCUT2D eigenvalue weighted by Gasteiger charge is -2.21.